The Morgan fingerprint density at radius 2 is 2.38 bits per heavy atom. The summed E-state index contributed by atoms with van der Waals surface area (Å²) in [5.74, 6) is 0.786. The van der Waals surface area contributed by atoms with Crippen LogP contribution in [0.1, 0.15) is 18.9 Å². The van der Waals surface area contributed by atoms with E-state index in [0.29, 0.717) is 5.02 Å². The van der Waals surface area contributed by atoms with Crippen molar-refractivity contribution in [2.45, 2.75) is 25.9 Å². The fourth-order valence-electron chi connectivity index (χ4n) is 1.62. The second kappa shape index (κ2) is 3.11. The Hall–Kier alpha value is -0.890. The van der Waals surface area contributed by atoms with E-state index >= 15 is 0 Å². The van der Waals surface area contributed by atoms with Crippen molar-refractivity contribution in [3.05, 3.63) is 22.7 Å². The van der Waals surface area contributed by atoms with E-state index in [0.717, 1.165) is 29.8 Å². The van der Waals surface area contributed by atoms with Crippen LogP contribution in [0.5, 0.6) is 5.75 Å². The third kappa shape index (κ3) is 1.35. The maximum absolute atomic E-state index is 5.98. The fraction of sp³-hybridized carbons (Fsp3) is 0.400. The number of halogens is 1. The van der Waals surface area contributed by atoms with Gasteiger partial charge in [-0.1, -0.05) is 18.5 Å². The number of nitrogen functional groups attached to an aromatic ring is 1. The summed E-state index contributed by atoms with van der Waals surface area (Å²) in [5, 5.41) is 0.667. The third-order valence-corrected chi connectivity index (χ3v) is 2.72. The fourth-order valence-corrected chi connectivity index (χ4v) is 1.84. The average molecular weight is 198 g/mol. The summed E-state index contributed by atoms with van der Waals surface area (Å²) in [7, 11) is 0. The molecule has 1 atom stereocenters. The molecule has 1 aliphatic heterocycles. The number of rotatable bonds is 1. The molecule has 0 spiro atoms. The summed E-state index contributed by atoms with van der Waals surface area (Å²) in [6, 6.07) is 3.62. The van der Waals surface area contributed by atoms with Crippen LogP contribution in [0.2, 0.25) is 5.02 Å². The van der Waals surface area contributed by atoms with Gasteiger partial charge in [0, 0.05) is 17.7 Å². The highest BCUT2D eigenvalue weighted by molar-refractivity contribution is 6.32. The van der Waals surface area contributed by atoms with Gasteiger partial charge in [-0.25, -0.2) is 0 Å². The van der Waals surface area contributed by atoms with Crippen LogP contribution in [0, 0.1) is 0 Å². The van der Waals surface area contributed by atoms with Gasteiger partial charge < -0.3 is 10.5 Å². The van der Waals surface area contributed by atoms with E-state index in [4.69, 9.17) is 22.1 Å². The molecular weight excluding hydrogens is 186 g/mol. The number of anilines is 1. The number of nitrogens with two attached hydrogens (primary N) is 1. The first-order chi connectivity index (χ1) is 6.22. The van der Waals surface area contributed by atoms with Crippen molar-refractivity contribution in [2.75, 3.05) is 5.73 Å². The van der Waals surface area contributed by atoms with Crippen molar-refractivity contribution >= 4 is 17.3 Å². The van der Waals surface area contributed by atoms with Crippen LogP contribution in [0.25, 0.3) is 0 Å². The lowest BCUT2D eigenvalue weighted by Gasteiger charge is -2.06. The molecule has 0 saturated carbocycles. The lowest BCUT2D eigenvalue weighted by atomic mass is 10.1. The molecule has 0 fully saturated rings. The van der Waals surface area contributed by atoms with Crippen molar-refractivity contribution in [2.24, 2.45) is 0 Å². The topological polar surface area (TPSA) is 35.2 Å². The molecule has 0 aromatic heterocycles. The molecule has 0 radical (unpaired) electrons. The Balaban J connectivity index is 2.43. The van der Waals surface area contributed by atoms with Crippen molar-refractivity contribution in [1.29, 1.82) is 0 Å². The normalized spacial score (nSPS) is 19.7. The SMILES string of the molecule is CCC1Cc2c(N)ccc(Cl)c2O1. The van der Waals surface area contributed by atoms with Gasteiger partial charge in [0.1, 0.15) is 11.9 Å². The molecule has 2 N–H and O–H groups in total. The van der Waals surface area contributed by atoms with Crippen LogP contribution in [0.3, 0.4) is 0 Å². The van der Waals surface area contributed by atoms with E-state index in [9.17, 15) is 0 Å². The van der Waals surface area contributed by atoms with Gasteiger partial charge in [-0.2, -0.15) is 0 Å². The van der Waals surface area contributed by atoms with Crippen molar-refractivity contribution in [3.63, 3.8) is 0 Å². The van der Waals surface area contributed by atoms with Crippen molar-refractivity contribution < 1.29 is 4.74 Å². The molecule has 0 amide bonds. The lowest BCUT2D eigenvalue weighted by Crippen LogP contribution is -2.10. The summed E-state index contributed by atoms with van der Waals surface area (Å²) in [6.45, 7) is 2.10. The molecule has 2 nitrogen and oxygen atoms in total. The van der Waals surface area contributed by atoms with Crippen molar-refractivity contribution in [1.82, 2.24) is 0 Å². The zero-order valence-electron chi connectivity index (χ0n) is 7.51. The number of ether oxygens (including phenoxy) is 1. The largest absolute Gasteiger partial charge is 0.488 e. The molecule has 1 aliphatic rings. The Kier molecular flexibility index (Phi) is 2.08. The molecule has 13 heavy (non-hydrogen) atoms. The van der Waals surface area contributed by atoms with Gasteiger partial charge in [0.2, 0.25) is 0 Å². The number of hydrogen-bond acceptors (Lipinski definition) is 2. The van der Waals surface area contributed by atoms with Gasteiger partial charge in [-0.3, -0.25) is 0 Å². The maximum atomic E-state index is 5.98. The quantitative estimate of drug-likeness (QED) is 0.703. The molecule has 2 rings (SSSR count). The lowest BCUT2D eigenvalue weighted by molar-refractivity contribution is 0.228. The Morgan fingerprint density at radius 3 is 3.00 bits per heavy atom. The van der Waals surface area contributed by atoms with Crippen LogP contribution < -0.4 is 10.5 Å². The van der Waals surface area contributed by atoms with E-state index in [2.05, 4.69) is 6.92 Å². The highest BCUT2D eigenvalue weighted by Gasteiger charge is 2.25. The van der Waals surface area contributed by atoms with E-state index in [-0.39, 0.29) is 6.10 Å². The van der Waals surface area contributed by atoms with Crippen LogP contribution in [-0.2, 0) is 6.42 Å². The molecule has 3 heteroatoms. The first kappa shape index (κ1) is 8.70. The number of hydrogen-bond donors (Lipinski definition) is 1. The number of benzene rings is 1. The summed E-state index contributed by atoms with van der Waals surface area (Å²) in [4.78, 5) is 0. The maximum Gasteiger partial charge on any atom is 0.143 e. The van der Waals surface area contributed by atoms with Crippen LogP contribution in [-0.4, -0.2) is 6.10 Å². The summed E-state index contributed by atoms with van der Waals surface area (Å²) in [6.07, 6.45) is 2.13. The third-order valence-electron chi connectivity index (χ3n) is 2.42. The predicted molar refractivity (Wildman–Crippen MR) is 54.3 cm³/mol. The molecule has 1 heterocycles. The summed E-state index contributed by atoms with van der Waals surface area (Å²) < 4.78 is 5.66. The van der Waals surface area contributed by atoms with Crippen LogP contribution in [0.15, 0.2) is 12.1 Å². The summed E-state index contributed by atoms with van der Waals surface area (Å²) >= 11 is 5.98. The Morgan fingerprint density at radius 1 is 1.62 bits per heavy atom. The highest BCUT2D eigenvalue weighted by Crippen LogP contribution is 2.39. The molecule has 0 bridgehead atoms. The monoisotopic (exact) mass is 197 g/mol. The molecule has 1 unspecified atom stereocenters. The minimum Gasteiger partial charge on any atom is -0.488 e. The van der Waals surface area contributed by atoms with E-state index in [1.165, 1.54) is 0 Å². The Labute approximate surface area is 82.6 Å². The second-order valence-electron chi connectivity index (χ2n) is 3.30. The van der Waals surface area contributed by atoms with Crippen LogP contribution in [0.4, 0.5) is 5.69 Å². The number of fused-ring (bicyclic) bond motifs is 1. The van der Waals surface area contributed by atoms with E-state index < -0.39 is 0 Å². The van der Waals surface area contributed by atoms with E-state index in [1.54, 1.807) is 6.07 Å². The molecule has 70 valence electrons. The second-order valence-corrected chi connectivity index (χ2v) is 3.70. The zero-order valence-corrected chi connectivity index (χ0v) is 8.27. The van der Waals surface area contributed by atoms with Gasteiger partial charge in [-0.15, -0.1) is 0 Å². The first-order valence-electron chi connectivity index (χ1n) is 4.46. The minimum absolute atomic E-state index is 0.247. The smallest absolute Gasteiger partial charge is 0.143 e. The minimum atomic E-state index is 0.247. The highest BCUT2D eigenvalue weighted by atomic mass is 35.5. The first-order valence-corrected chi connectivity index (χ1v) is 4.83. The van der Waals surface area contributed by atoms with Gasteiger partial charge in [0.05, 0.1) is 5.02 Å². The molecule has 1 aromatic carbocycles. The van der Waals surface area contributed by atoms with Gasteiger partial charge >= 0.3 is 0 Å². The van der Waals surface area contributed by atoms with Gasteiger partial charge in [0.15, 0.2) is 0 Å². The Bertz CT molecular complexity index is 307. The van der Waals surface area contributed by atoms with E-state index in [1.807, 2.05) is 6.07 Å². The van der Waals surface area contributed by atoms with Gasteiger partial charge in [-0.05, 0) is 18.6 Å². The van der Waals surface area contributed by atoms with Gasteiger partial charge in [0.25, 0.3) is 0 Å². The standard InChI is InChI=1S/C10H12ClNO/c1-2-6-5-7-9(12)4-3-8(11)10(7)13-6/h3-4,6H,2,5,12H2,1H3. The predicted octanol–water partition coefficient (Wildman–Crippen LogP) is 2.64. The molecule has 1 aromatic rings. The van der Waals surface area contributed by atoms with Crippen LogP contribution >= 0.6 is 11.6 Å². The van der Waals surface area contributed by atoms with Crippen molar-refractivity contribution in [3.8, 4) is 5.75 Å². The molecule has 0 saturated heterocycles. The summed E-state index contributed by atoms with van der Waals surface area (Å²) in [5.41, 5.74) is 7.68. The molecule has 0 aliphatic carbocycles. The average Bonchev–Trinajstić information content (AvgIpc) is 2.56. The zero-order chi connectivity index (χ0) is 9.42. The molecular formula is C10H12ClNO.